The van der Waals surface area contributed by atoms with Gasteiger partial charge in [0.15, 0.2) is 0 Å². The van der Waals surface area contributed by atoms with E-state index in [1.807, 2.05) is 13.1 Å². The monoisotopic (exact) mass is 326 g/mol. The second-order valence-corrected chi connectivity index (χ2v) is 5.77. The highest BCUT2D eigenvalue weighted by Crippen LogP contribution is 2.15. The summed E-state index contributed by atoms with van der Waals surface area (Å²) in [7, 11) is 1.97. The minimum absolute atomic E-state index is 0.0000647. The molecule has 5 nitrogen and oxygen atoms in total. The lowest BCUT2D eigenvalue weighted by atomic mass is 10.1. The molecule has 1 aromatic rings. The van der Waals surface area contributed by atoms with Crippen molar-refractivity contribution >= 4 is 27.7 Å². The number of likely N-dealkylation sites (tertiary alicyclic amines) is 1. The Hall–Kier alpha value is -0.980. The van der Waals surface area contributed by atoms with Crippen molar-refractivity contribution in [2.75, 3.05) is 38.5 Å². The molecule has 0 spiro atoms. The Morgan fingerprint density at radius 2 is 2.42 bits per heavy atom. The van der Waals surface area contributed by atoms with Gasteiger partial charge in [-0.3, -0.25) is 9.69 Å². The number of aromatic nitrogens is 1. The van der Waals surface area contributed by atoms with Gasteiger partial charge in [-0.05, 0) is 60.5 Å². The molecular weight excluding hydrogens is 308 g/mol. The van der Waals surface area contributed by atoms with Crippen LogP contribution in [-0.4, -0.2) is 49.0 Å². The molecule has 1 aromatic heterocycles. The van der Waals surface area contributed by atoms with Crippen LogP contribution in [0, 0.1) is 5.92 Å². The van der Waals surface area contributed by atoms with Gasteiger partial charge in [-0.1, -0.05) is 0 Å². The molecule has 1 saturated heterocycles. The maximum absolute atomic E-state index is 11.9. The van der Waals surface area contributed by atoms with E-state index in [-0.39, 0.29) is 5.91 Å². The van der Waals surface area contributed by atoms with E-state index in [0.717, 1.165) is 30.5 Å². The fourth-order valence-electron chi connectivity index (χ4n) is 2.35. The van der Waals surface area contributed by atoms with Gasteiger partial charge in [0.05, 0.1) is 6.54 Å². The van der Waals surface area contributed by atoms with Gasteiger partial charge >= 0.3 is 0 Å². The Labute approximate surface area is 121 Å². The van der Waals surface area contributed by atoms with Crippen LogP contribution in [0.3, 0.4) is 0 Å². The van der Waals surface area contributed by atoms with Crippen molar-refractivity contribution in [1.82, 2.24) is 15.2 Å². The molecule has 0 bridgehead atoms. The first-order valence-corrected chi connectivity index (χ1v) is 7.25. The predicted octanol–water partition coefficient (Wildman–Crippen LogP) is 1.32. The predicted molar refractivity (Wildman–Crippen MR) is 79.0 cm³/mol. The van der Waals surface area contributed by atoms with Crippen LogP contribution in [0.2, 0.25) is 0 Å². The summed E-state index contributed by atoms with van der Waals surface area (Å²) in [6, 6.07) is 3.65. The fraction of sp³-hybridized carbons (Fsp3) is 0.538. The van der Waals surface area contributed by atoms with E-state index in [1.54, 1.807) is 12.3 Å². The molecule has 0 saturated carbocycles. The minimum atomic E-state index is -0.0000647. The first-order valence-electron chi connectivity index (χ1n) is 6.45. The summed E-state index contributed by atoms with van der Waals surface area (Å²) in [5.74, 6) is 1.25. The number of rotatable bonds is 5. The Morgan fingerprint density at radius 3 is 3.11 bits per heavy atom. The lowest BCUT2D eigenvalue weighted by molar-refractivity contribution is -0.117. The Kier molecular flexibility index (Phi) is 5.30. The summed E-state index contributed by atoms with van der Waals surface area (Å²) in [4.78, 5) is 18.2. The zero-order valence-electron chi connectivity index (χ0n) is 11.0. The van der Waals surface area contributed by atoms with E-state index in [4.69, 9.17) is 0 Å². The van der Waals surface area contributed by atoms with Crippen LogP contribution < -0.4 is 10.6 Å². The van der Waals surface area contributed by atoms with Gasteiger partial charge in [-0.15, -0.1) is 0 Å². The maximum atomic E-state index is 11.9. The smallest absolute Gasteiger partial charge is 0.239 e. The number of nitrogens with one attached hydrogen (secondary N) is 2. The van der Waals surface area contributed by atoms with E-state index < -0.39 is 0 Å². The van der Waals surface area contributed by atoms with Crippen LogP contribution >= 0.6 is 15.9 Å². The maximum Gasteiger partial charge on any atom is 0.239 e. The van der Waals surface area contributed by atoms with Crippen molar-refractivity contribution in [3.05, 3.63) is 22.8 Å². The molecule has 0 radical (unpaired) electrons. The van der Waals surface area contributed by atoms with E-state index in [2.05, 4.69) is 36.4 Å². The quantitative estimate of drug-likeness (QED) is 0.857. The van der Waals surface area contributed by atoms with Crippen molar-refractivity contribution in [2.24, 2.45) is 5.92 Å². The van der Waals surface area contributed by atoms with Gasteiger partial charge in [0.25, 0.3) is 0 Å². The normalized spacial score (nSPS) is 19.6. The lowest BCUT2D eigenvalue weighted by Gasteiger charge is -2.15. The third-order valence-corrected chi connectivity index (χ3v) is 3.69. The van der Waals surface area contributed by atoms with E-state index in [0.29, 0.717) is 18.3 Å². The van der Waals surface area contributed by atoms with Crippen molar-refractivity contribution in [3.8, 4) is 0 Å². The molecule has 19 heavy (non-hydrogen) atoms. The molecule has 1 atom stereocenters. The van der Waals surface area contributed by atoms with E-state index >= 15 is 0 Å². The number of carbonyl (C=O) groups excluding carboxylic acids is 1. The van der Waals surface area contributed by atoms with Gasteiger partial charge in [-0.25, -0.2) is 4.98 Å². The second-order valence-electron chi connectivity index (χ2n) is 4.86. The van der Waals surface area contributed by atoms with Crippen LogP contribution in [0.5, 0.6) is 0 Å². The summed E-state index contributed by atoms with van der Waals surface area (Å²) in [6.45, 7) is 3.44. The number of amides is 1. The third kappa shape index (κ3) is 4.56. The van der Waals surface area contributed by atoms with E-state index in [9.17, 15) is 4.79 Å². The highest BCUT2D eigenvalue weighted by atomic mass is 79.9. The molecule has 2 heterocycles. The van der Waals surface area contributed by atoms with Crippen LogP contribution in [0.4, 0.5) is 5.82 Å². The number of halogens is 1. The number of pyridine rings is 1. The standard InChI is InChI=1S/C13H19BrN4O/c1-15-6-10-4-5-18(8-10)9-13(19)17-12-3-2-11(14)7-16-12/h2-3,7,10,15H,4-6,8-9H2,1H3,(H,16,17,19). The average molecular weight is 327 g/mol. The minimum Gasteiger partial charge on any atom is -0.319 e. The fourth-order valence-corrected chi connectivity index (χ4v) is 2.58. The Bertz CT molecular complexity index is 423. The topological polar surface area (TPSA) is 57.3 Å². The first-order chi connectivity index (χ1) is 9.17. The average Bonchev–Trinajstić information content (AvgIpc) is 2.80. The Morgan fingerprint density at radius 1 is 1.58 bits per heavy atom. The second kappa shape index (κ2) is 6.98. The molecule has 1 fully saturated rings. The summed E-state index contributed by atoms with van der Waals surface area (Å²) < 4.78 is 0.903. The number of carbonyl (C=O) groups is 1. The number of anilines is 1. The van der Waals surface area contributed by atoms with Crippen LogP contribution in [0.1, 0.15) is 6.42 Å². The van der Waals surface area contributed by atoms with Gasteiger partial charge in [0, 0.05) is 17.2 Å². The number of nitrogens with zero attached hydrogens (tertiary/aromatic N) is 2. The molecule has 1 unspecified atom stereocenters. The first kappa shape index (κ1) is 14.4. The van der Waals surface area contributed by atoms with Gasteiger partial charge in [-0.2, -0.15) is 0 Å². The molecule has 1 aliphatic heterocycles. The molecule has 2 N–H and O–H groups in total. The number of hydrogen-bond donors (Lipinski definition) is 2. The zero-order chi connectivity index (χ0) is 13.7. The van der Waals surface area contributed by atoms with Crippen LogP contribution in [0.25, 0.3) is 0 Å². The molecule has 1 amide bonds. The summed E-state index contributed by atoms with van der Waals surface area (Å²) in [5, 5.41) is 6.00. The number of hydrogen-bond acceptors (Lipinski definition) is 4. The van der Waals surface area contributed by atoms with Gasteiger partial charge in [0.1, 0.15) is 5.82 Å². The third-order valence-electron chi connectivity index (χ3n) is 3.22. The summed E-state index contributed by atoms with van der Waals surface area (Å²) in [5.41, 5.74) is 0. The van der Waals surface area contributed by atoms with Crippen molar-refractivity contribution in [2.45, 2.75) is 6.42 Å². The van der Waals surface area contributed by atoms with Crippen molar-refractivity contribution in [3.63, 3.8) is 0 Å². The largest absolute Gasteiger partial charge is 0.319 e. The molecule has 0 aliphatic carbocycles. The molecular formula is C13H19BrN4O. The van der Waals surface area contributed by atoms with Crippen LogP contribution in [-0.2, 0) is 4.79 Å². The molecule has 6 heteroatoms. The lowest BCUT2D eigenvalue weighted by Crippen LogP contribution is -2.32. The molecule has 104 valence electrons. The van der Waals surface area contributed by atoms with Crippen LogP contribution in [0.15, 0.2) is 22.8 Å². The van der Waals surface area contributed by atoms with E-state index in [1.165, 1.54) is 0 Å². The van der Waals surface area contributed by atoms with Gasteiger partial charge in [0.2, 0.25) is 5.91 Å². The SMILES string of the molecule is CNCC1CCN(CC(=O)Nc2ccc(Br)cn2)C1. The highest BCUT2D eigenvalue weighted by Gasteiger charge is 2.23. The summed E-state index contributed by atoms with van der Waals surface area (Å²) in [6.07, 6.45) is 2.83. The van der Waals surface area contributed by atoms with Gasteiger partial charge < -0.3 is 10.6 Å². The zero-order valence-corrected chi connectivity index (χ0v) is 12.6. The van der Waals surface area contributed by atoms with Crippen molar-refractivity contribution < 1.29 is 4.79 Å². The Balaban J connectivity index is 1.77. The molecule has 2 rings (SSSR count). The van der Waals surface area contributed by atoms with Crippen molar-refractivity contribution in [1.29, 1.82) is 0 Å². The molecule has 0 aromatic carbocycles. The highest BCUT2D eigenvalue weighted by molar-refractivity contribution is 9.10. The molecule has 1 aliphatic rings. The summed E-state index contributed by atoms with van der Waals surface area (Å²) >= 11 is 3.31.